The van der Waals surface area contributed by atoms with E-state index in [0.717, 1.165) is 50.4 Å². The van der Waals surface area contributed by atoms with Crippen LogP contribution in [0.2, 0.25) is 0 Å². The maximum atomic E-state index is 12.4. The third kappa shape index (κ3) is 3.95. The number of fused-ring (bicyclic) bond motifs is 1. The minimum atomic E-state index is 0.0143. The molecule has 1 aromatic carbocycles. The summed E-state index contributed by atoms with van der Waals surface area (Å²) >= 11 is 0. The molecular weight excluding hydrogens is 316 g/mol. The third-order valence-corrected chi connectivity index (χ3v) is 4.76. The van der Waals surface area contributed by atoms with Crippen molar-refractivity contribution in [2.24, 2.45) is 5.92 Å². The van der Waals surface area contributed by atoms with Crippen LogP contribution in [0.4, 0.5) is 5.95 Å². The van der Waals surface area contributed by atoms with Crippen molar-refractivity contribution in [2.75, 3.05) is 38.3 Å². The van der Waals surface area contributed by atoms with Gasteiger partial charge >= 0.3 is 0 Å². The van der Waals surface area contributed by atoms with Crippen LogP contribution in [0.15, 0.2) is 24.3 Å². The highest BCUT2D eigenvalue weighted by molar-refractivity contribution is 5.81. The normalized spacial score (nSPS) is 17.8. The molecule has 0 unspecified atom stereocenters. The van der Waals surface area contributed by atoms with E-state index in [1.54, 1.807) is 7.11 Å². The second kappa shape index (κ2) is 8.34. The van der Waals surface area contributed by atoms with Gasteiger partial charge in [-0.25, -0.2) is 4.98 Å². The number of rotatable bonds is 7. The molecule has 0 saturated carbocycles. The first-order chi connectivity index (χ1) is 12.2. The van der Waals surface area contributed by atoms with Gasteiger partial charge in [0, 0.05) is 33.3 Å². The maximum absolute atomic E-state index is 12.4. The molecule has 1 saturated heterocycles. The predicted molar refractivity (Wildman–Crippen MR) is 99.8 cm³/mol. The van der Waals surface area contributed by atoms with Gasteiger partial charge in [-0.05, 0) is 31.4 Å². The fraction of sp³-hybridized carbons (Fsp3) is 0.579. The molecule has 25 heavy (non-hydrogen) atoms. The van der Waals surface area contributed by atoms with Crippen LogP contribution in [-0.2, 0) is 16.1 Å². The highest BCUT2D eigenvalue weighted by Gasteiger charge is 2.28. The van der Waals surface area contributed by atoms with Crippen molar-refractivity contribution in [1.82, 2.24) is 14.9 Å². The third-order valence-electron chi connectivity index (χ3n) is 4.76. The number of hydrogen-bond donors (Lipinski definition) is 1. The minimum absolute atomic E-state index is 0.0143. The molecule has 0 aliphatic carbocycles. The molecule has 136 valence electrons. The number of carbonyl (C=O) groups is 1. The monoisotopic (exact) mass is 344 g/mol. The molecule has 6 heteroatoms. The van der Waals surface area contributed by atoms with E-state index in [4.69, 9.17) is 9.72 Å². The summed E-state index contributed by atoms with van der Waals surface area (Å²) in [4.78, 5) is 19.6. The zero-order chi connectivity index (χ0) is 17.6. The second-order valence-corrected chi connectivity index (χ2v) is 6.62. The molecule has 0 bridgehead atoms. The van der Waals surface area contributed by atoms with Crippen LogP contribution >= 0.6 is 0 Å². The Balaban J connectivity index is 1.78. The van der Waals surface area contributed by atoms with Gasteiger partial charge in [0.1, 0.15) is 0 Å². The number of aromatic nitrogens is 2. The maximum Gasteiger partial charge on any atom is 0.224 e. The Morgan fingerprint density at radius 1 is 1.40 bits per heavy atom. The number of nitrogens with one attached hydrogen (secondary N) is 1. The lowest BCUT2D eigenvalue weighted by molar-refractivity contribution is -0.125. The van der Waals surface area contributed by atoms with E-state index >= 15 is 0 Å². The molecule has 2 heterocycles. The highest BCUT2D eigenvalue weighted by Crippen LogP contribution is 2.27. The largest absolute Gasteiger partial charge is 0.383 e. The number of anilines is 1. The van der Waals surface area contributed by atoms with E-state index in [9.17, 15) is 4.79 Å². The van der Waals surface area contributed by atoms with Crippen LogP contribution in [0.1, 0.15) is 26.2 Å². The van der Waals surface area contributed by atoms with E-state index in [0.29, 0.717) is 13.2 Å². The van der Waals surface area contributed by atoms with Crippen LogP contribution in [0.3, 0.4) is 0 Å². The number of amides is 1. The molecule has 6 nitrogen and oxygen atoms in total. The van der Waals surface area contributed by atoms with Crippen LogP contribution in [0, 0.1) is 5.92 Å². The Bertz CT molecular complexity index is 713. The van der Waals surface area contributed by atoms with Crippen LogP contribution in [0.25, 0.3) is 11.0 Å². The van der Waals surface area contributed by atoms with Gasteiger partial charge < -0.3 is 19.5 Å². The van der Waals surface area contributed by atoms with Gasteiger partial charge in [-0.2, -0.15) is 0 Å². The summed E-state index contributed by atoms with van der Waals surface area (Å²) in [5.74, 6) is 1.14. The summed E-state index contributed by atoms with van der Waals surface area (Å²) in [7, 11) is 1.65. The molecule has 0 spiro atoms. The van der Waals surface area contributed by atoms with Crippen LogP contribution < -0.4 is 10.2 Å². The molecule has 0 radical (unpaired) electrons. The molecule has 3 rings (SSSR count). The fourth-order valence-electron chi connectivity index (χ4n) is 3.54. The van der Waals surface area contributed by atoms with E-state index in [1.807, 2.05) is 6.07 Å². The van der Waals surface area contributed by atoms with Gasteiger partial charge in [-0.3, -0.25) is 4.79 Å². The number of aryl methyl sites for hydroxylation is 1. The molecular formula is C19H28N4O2. The van der Waals surface area contributed by atoms with Gasteiger partial charge in [-0.15, -0.1) is 0 Å². The number of para-hydroxylation sites is 2. The molecule has 1 fully saturated rings. The molecule has 1 atom stereocenters. The Kier molecular flexibility index (Phi) is 5.91. The number of carbonyl (C=O) groups excluding carboxylic acids is 1. The first-order valence-electron chi connectivity index (χ1n) is 9.21. The van der Waals surface area contributed by atoms with E-state index in [-0.39, 0.29) is 11.8 Å². The first-order valence-corrected chi connectivity index (χ1v) is 9.21. The molecule has 1 aliphatic heterocycles. The zero-order valence-electron chi connectivity index (χ0n) is 15.2. The SMILES string of the molecule is CCCn1c(N2CCC[C@H](C(=O)NCCOC)C2)nc2ccccc21. The Hall–Kier alpha value is -2.08. The van der Waals surface area contributed by atoms with Crippen molar-refractivity contribution in [3.8, 4) is 0 Å². The molecule has 1 aromatic heterocycles. The summed E-state index contributed by atoms with van der Waals surface area (Å²) < 4.78 is 7.30. The van der Waals surface area contributed by atoms with Crippen molar-refractivity contribution < 1.29 is 9.53 Å². The Morgan fingerprint density at radius 3 is 3.04 bits per heavy atom. The lowest BCUT2D eigenvalue weighted by Crippen LogP contribution is -2.44. The smallest absolute Gasteiger partial charge is 0.224 e. The summed E-state index contributed by atoms with van der Waals surface area (Å²) in [6.45, 7) is 5.92. The van der Waals surface area contributed by atoms with Crippen molar-refractivity contribution in [1.29, 1.82) is 0 Å². The number of ether oxygens (including phenoxy) is 1. The number of hydrogen-bond acceptors (Lipinski definition) is 4. The summed E-state index contributed by atoms with van der Waals surface area (Å²) in [5, 5.41) is 2.97. The number of benzene rings is 1. The lowest BCUT2D eigenvalue weighted by Gasteiger charge is -2.33. The summed E-state index contributed by atoms with van der Waals surface area (Å²) in [6, 6.07) is 8.27. The summed E-state index contributed by atoms with van der Waals surface area (Å²) in [6.07, 6.45) is 3.00. The molecule has 1 amide bonds. The molecule has 2 aromatic rings. The van der Waals surface area contributed by atoms with Gasteiger partial charge in [-0.1, -0.05) is 19.1 Å². The van der Waals surface area contributed by atoms with E-state index in [2.05, 4.69) is 39.9 Å². The average Bonchev–Trinajstić information content (AvgIpc) is 3.01. The standard InChI is InChI=1S/C19H28N4O2/c1-3-11-23-17-9-5-4-8-16(17)21-19(23)22-12-6-7-15(14-22)18(24)20-10-13-25-2/h4-5,8-9,15H,3,6-7,10-14H2,1-2H3,(H,20,24)/t15-/m0/s1. The lowest BCUT2D eigenvalue weighted by atomic mass is 9.97. The Labute approximate surface area is 149 Å². The van der Waals surface area contributed by atoms with E-state index < -0.39 is 0 Å². The van der Waals surface area contributed by atoms with Gasteiger partial charge in [0.2, 0.25) is 11.9 Å². The molecule has 1 N–H and O–H groups in total. The zero-order valence-corrected chi connectivity index (χ0v) is 15.2. The van der Waals surface area contributed by atoms with Gasteiger partial charge in [0.25, 0.3) is 0 Å². The van der Waals surface area contributed by atoms with Crippen LogP contribution in [-0.4, -0.2) is 48.8 Å². The topological polar surface area (TPSA) is 59.4 Å². The number of piperidine rings is 1. The highest BCUT2D eigenvalue weighted by atomic mass is 16.5. The van der Waals surface area contributed by atoms with Crippen molar-refractivity contribution in [3.05, 3.63) is 24.3 Å². The first kappa shape index (κ1) is 17.7. The van der Waals surface area contributed by atoms with Crippen molar-refractivity contribution >= 4 is 22.9 Å². The minimum Gasteiger partial charge on any atom is -0.383 e. The van der Waals surface area contributed by atoms with E-state index in [1.165, 1.54) is 5.52 Å². The average molecular weight is 344 g/mol. The van der Waals surface area contributed by atoms with Crippen molar-refractivity contribution in [2.45, 2.75) is 32.7 Å². The van der Waals surface area contributed by atoms with Gasteiger partial charge in [0.15, 0.2) is 0 Å². The molecule has 1 aliphatic rings. The van der Waals surface area contributed by atoms with Crippen LogP contribution in [0.5, 0.6) is 0 Å². The van der Waals surface area contributed by atoms with Crippen molar-refractivity contribution in [3.63, 3.8) is 0 Å². The predicted octanol–water partition coefficient (Wildman–Crippen LogP) is 2.43. The number of methoxy groups -OCH3 is 1. The summed E-state index contributed by atoms with van der Waals surface area (Å²) in [5.41, 5.74) is 2.20. The second-order valence-electron chi connectivity index (χ2n) is 6.62. The Morgan fingerprint density at radius 2 is 2.24 bits per heavy atom. The number of imidazole rings is 1. The number of nitrogens with zero attached hydrogens (tertiary/aromatic N) is 3. The fourth-order valence-corrected chi connectivity index (χ4v) is 3.54. The van der Waals surface area contributed by atoms with Gasteiger partial charge in [0.05, 0.1) is 23.6 Å². The quantitative estimate of drug-likeness (QED) is 0.784.